The molecule has 3 aromatic rings. The highest BCUT2D eigenvalue weighted by Gasteiger charge is 2.36. The summed E-state index contributed by atoms with van der Waals surface area (Å²) in [4.78, 5) is 46.2. The number of hydroxylamine groups is 2. The predicted octanol–water partition coefficient (Wildman–Crippen LogP) is 2.60. The van der Waals surface area contributed by atoms with E-state index in [1.807, 2.05) is 12.1 Å². The lowest BCUT2D eigenvalue weighted by molar-refractivity contribution is -0.0620. The van der Waals surface area contributed by atoms with Crippen LogP contribution in [0.25, 0.3) is 10.8 Å². The molecule has 0 radical (unpaired) electrons. The fraction of sp³-hybridized carbons (Fsp3) is 0. The second kappa shape index (κ2) is 5.27. The van der Waals surface area contributed by atoms with E-state index in [1.165, 1.54) is 24.5 Å². The monoisotopic (exact) mass is 318 g/mol. The zero-order valence-electron chi connectivity index (χ0n) is 12.3. The zero-order chi connectivity index (χ0) is 16.7. The van der Waals surface area contributed by atoms with Crippen LogP contribution in [0, 0.1) is 0 Å². The molecule has 0 atom stereocenters. The fourth-order valence-corrected chi connectivity index (χ4v) is 2.71. The summed E-state index contributed by atoms with van der Waals surface area (Å²) in [5.41, 5.74) is 0.845. The Bertz CT molecular complexity index is 948. The number of hydrogen-bond acceptors (Lipinski definition) is 5. The smallest absolute Gasteiger partial charge is 0.324 e. The minimum absolute atomic E-state index is 0.197. The number of pyridine rings is 1. The number of hydrogen-bond donors (Lipinski definition) is 0. The largest absolute Gasteiger partial charge is 0.364 e. The van der Waals surface area contributed by atoms with Crippen molar-refractivity contribution in [2.75, 3.05) is 0 Å². The van der Waals surface area contributed by atoms with Crippen LogP contribution >= 0.6 is 0 Å². The van der Waals surface area contributed by atoms with E-state index in [9.17, 15) is 14.4 Å². The molecule has 0 saturated carbocycles. The molecule has 6 nitrogen and oxygen atoms in total. The zero-order valence-corrected chi connectivity index (χ0v) is 12.3. The van der Waals surface area contributed by atoms with E-state index in [-0.39, 0.29) is 5.56 Å². The van der Waals surface area contributed by atoms with Crippen LogP contribution in [0.2, 0.25) is 0 Å². The van der Waals surface area contributed by atoms with Crippen LogP contribution in [0.5, 0.6) is 0 Å². The molecule has 0 unspecified atom stereocenters. The number of nitrogens with zero attached hydrogens (tertiary/aromatic N) is 2. The standard InChI is InChI=1S/C18H10N2O4/c21-16-13-5-1-3-11-4-2-6-14(15(11)13)17(22)20(16)24-18(23)12-7-9-19-10-8-12/h1-10H. The van der Waals surface area contributed by atoms with Gasteiger partial charge in [0.15, 0.2) is 0 Å². The molecule has 1 aliphatic rings. The van der Waals surface area contributed by atoms with Gasteiger partial charge in [0.25, 0.3) is 11.8 Å². The number of benzene rings is 2. The maximum atomic E-state index is 12.6. The average molecular weight is 318 g/mol. The van der Waals surface area contributed by atoms with Gasteiger partial charge in [-0.05, 0) is 29.7 Å². The lowest BCUT2D eigenvalue weighted by Crippen LogP contribution is -2.41. The highest BCUT2D eigenvalue weighted by Crippen LogP contribution is 2.30. The van der Waals surface area contributed by atoms with Gasteiger partial charge in [0.05, 0.1) is 16.7 Å². The van der Waals surface area contributed by atoms with Crippen molar-refractivity contribution >= 4 is 28.6 Å². The van der Waals surface area contributed by atoms with Crippen molar-refractivity contribution in [3.63, 3.8) is 0 Å². The van der Waals surface area contributed by atoms with E-state index in [0.717, 1.165) is 5.39 Å². The molecule has 116 valence electrons. The summed E-state index contributed by atoms with van der Waals surface area (Å²) < 4.78 is 0. The number of aromatic nitrogens is 1. The molecular formula is C18H10N2O4. The molecule has 4 rings (SSSR count). The number of carbonyl (C=O) groups is 3. The molecule has 0 saturated heterocycles. The van der Waals surface area contributed by atoms with Crippen LogP contribution in [-0.2, 0) is 4.84 Å². The normalized spacial score (nSPS) is 13.2. The van der Waals surface area contributed by atoms with E-state index in [0.29, 0.717) is 21.6 Å². The molecule has 1 aliphatic heterocycles. The maximum absolute atomic E-state index is 12.6. The molecular weight excluding hydrogens is 308 g/mol. The summed E-state index contributed by atoms with van der Waals surface area (Å²) in [5, 5.41) is 1.87. The topological polar surface area (TPSA) is 76.6 Å². The second-order valence-corrected chi connectivity index (χ2v) is 5.23. The summed E-state index contributed by atoms with van der Waals surface area (Å²) in [5.74, 6) is -2.12. The molecule has 2 aromatic carbocycles. The van der Waals surface area contributed by atoms with Gasteiger partial charge in [-0.25, -0.2) is 4.79 Å². The first-order chi connectivity index (χ1) is 11.7. The molecule has 6 heteroatoms. The number of amides is 2. The Labute approximate surface area is 136 Å². The van der Waals surface area contributed by atoms with Gasteiger partial charge in [0.2, 0.25) is 0 Å². The van der Waals surface area contributed by atoms with E-state index in [4.69, 9.17) is 4.84 Å². The molecule has 0 bridgehead atoms. The fourth-order valence-electron chi connectivity index (χ4n) is 2.71. The van der Waals surface area contributed by atoms with Crippen LogP contribution in [0.1, 0.15) is 31.1 Å². The lowest BCUT2D eigenvalue weighted by atomic mass is 9.95. The van der Waals surface area contributed by atoms with E-state index >= 15 is 0 Å². The van der Waals surface area contributed by atoms with Gasteiger partial charge in [-0.1, -0.05) is 29.3 Å². The van der Waals surface area contributed by atoms with Crippen molar-refractivity contribution in [1.29, 1.82) is 0 Å². The molecule has 2 amide bonds. The molecule has 0 N–H and O–H groups in total. The summed E-state index contributed by atoms with van der Waals surface area (Å²) in [6.07, 6.45) is 2.85. The van der Waals surface area contributed by atoms with Crippen molar-refractivity contribution < 1.29 is 19.2 Å². The van der Waals surface area contributed by atoms with E-state index in [1.54, 1.807) is 24.3 Å². The molecule has 0 fully saturated rings. The average Bonchev–Trinajstić information content (AvgIpc) is 2.63. The van der Waals surface area contributed by atoms with Crippen molar-refractivity contribution in [2.45, 2.75) is 0 Å². The van der Waals surface area contributed by atoms with Crippen LogP contribution < -0.4 is 0 Å². The maximum Gasteiger partial charge on any atom is 0.364 e. The minimum atomic E-state index is -0.800. The Morgan fingerprint density at radius 1 is 0.875 bits per heavy atom. The third-order valence-electron chi connectivity index (χ3n) is 3.82. The molecule has 2 heterocycles. The Morgan fingerprint density at radius 3 is 2.04 bits per heavy atom. The van der Waals surface area contributed by atoms with E-state index in [2.05, 4.69) is 4.98 Å². The third-order valence-corrected chi connectivity index (χ3v) is 3.82. The number of carbonyl (C=O) groups excluding carboxylic acids is 3. The Hall–Kier alpha value is -3.54. The highest BCUT2D eigenvalue weighted by atomic mass is 16.7. The van der Waals surface area contributed by atoms with Crippen LogP contribution in [0.4, 0.5) is 0 Å². The molecule has 24 heavy (non-hydrogen) atoms. The van der Waals surface area contributed by atoms with Crippen molar-refractivity contribution in [1.82, 2.24) is 10.0 Å². The first-order valence-corrected chi connectivity index (χ1v) is 7.19. The summed E-state index contributed by atoms with van der Waals surface area (Å²) in [7, 11) is 0. The third kappa shape index (κ3) is 2.04. The van der Waals surface area contributed by atoms with Gasteiger partial charge < -0.3 is 4.84 Å². The highest BCUT2D eigenvalue weighted by molar-refractivity contribution is 6.25. The van der Waals surface area contributed by atoms with Gasteiger partial charge in [0, 0.05) is 17.8 Å². The van der Waals surface area contributed by atoms with Crippen LogP contribution in [0.15, 0.2) is 60.9 Å². The molecule has 0 aliphatic carbocycles. The number of imide groups is 1. The predicted molar refractivity (Wildman–Crippen MR) is 84.1 cm³/mol. The SMILES string of the molecule is O=C(ON1C(=O)c2cccc3cccc(c23)C1=O)c1ccncc1. The summed E-state index contributed by atoms with van der Waals surface area (Å²) in [6.45, 7) is 0. The van der Waals surface area contributed by atoms with Gasteiger partial charge in [-0.15, -0.1) is 0 Å². The van der Waals surface area contributed by atoms with E-state index < -0.39 is 17.8 Å². The lowest BCUT2D eigenvalue weighted by Gasteiger charge is -2.25. The first-order valence-electron chi connectivity index (χ1n) is 7.19. The Balaban J connectivity index is 1.76. The van der Waals surface area contributed by atoms with Gasteiger partial charge in [-0.3, -0.25) is 14.6 Å². The van der Waals surface area contributed by atoms with Crippen molar-refractivity contribution in [3.05, 3.63) is 77.6 Å². The van der Waals surface area contributed by atoms with Crippen LogP contribution in [0.3, 0.4) is 0 Å². The van der Waals surface area contributed by atoms with Gasteiger partial charge in [-0.2, -0.15) is 0 Å². The summed E-state index contributed by atoms with van der Waals surface area (Å²) >= 11 is 0. The van der Waals surface area contributed by atoms with Crippen molar-refractivity contribution in [3.8, 4) is 0 Å². The molecule has 1 aromatic heterocycles. The first kappa shape index (κ1) is 14.1. The van der Waals surface area contributed by atoms with Crippen LogP contribution in [-0.4, -0.2) is 27.8 Å². The second-order valence-electron chi connectivity index (χ2n) is 5.23. The molecule has 0 spiro atoms. The minimum Gasteiger partial charge on any atom is -0.324 e. The quantitative estimate of drug-likeness (QED) is 0.679. The van der Waals surface area contributed by atoms with Crippen molar-refractivity contribution in [2.24, 2.45) is 0 Å². The Morgan fingerprint density at radius 2 is 1.46 bits per heavy atom. The summed E-state index contributed by atoms with van der Waals surface area (Å²) in [6, 6.07) is 13.2. The van der Waals surface area contributed by atoms with Gasteiger partial charge >= 0.3 is 5.97 Å². The Kier molecular flexibility index (Phi) is 3.09. The van der Waals surface area contributed by atoms with Gasteiger partial charge in [0.1, 0.15) is 0 Å². The number of rotatable bonds is 2.